The van der Waals surface area contributed by atoms with Crippen molar-refractivity contribution in [1.29, 1.82) is 0 Å². The molecule has 3 rings (SSSR count). The van der Waals surface area contributed by atoms with Gasteiger partial charge in [-0.15, -0.1) is 0 Å². The average Bonchev–Trinajstić information content (AvgIpc) is 3.26. The molecule has 5 nitrogen and oxygen atoms in total. The third-order valence-electron chi connectivity index (χ3n) is 3.69. The molecule has 5 heteroatoms. The maximum Gasteiger partial charge on any atom is 0.251 e. The molecule has 1 aromatic heterocycles. The Kier molecular flexibility index (Phi) is 3.55. The van der Waals surface area contributed by atoms with E-state index in [0.29, 0.717) is 12.5 Å². The highest BCUT2D eigenvalue weighted by atomic mass is 16.5. The highest BCUT2D eigenvalue weighted by Crippen LogP contribution is 2.32. The van der Waals surface area contributed by atoms with Crippen LogP contribution in [0.15, 0.2) is 6.20 Å². The van der Waals surface area contributed by atoms with E-state index in [0.717, 1.165) is 23.8 Å². The van der Waals surface area contributed by atoms with Gasteiger partial charge < -0.3 is 10.1 Å². The Morgan fingerprint density at radius 3 is 2.84 bits per heavy atom. The lowest BCUT2D eigenvalue weighted by Crippen LogP contribution is -2.22. The van der Waals surface area contributed by atoms with Crippen LogP contribution in [0, 0.1) is 18.8 Å². The number of aromatic nitrogens is 2. The van der Waals surface area contributed by atoms with E-state index in [1.165, 1.54) is 25.7 Å². The summed E-state index contributed by atoms with van der Waals surface area (Å²) < 4.78 is 7.31. The number of nitrogens with zero attached hydrogens (tertiary/aromatic N) is 2. The number of hydrogen-bond donors (Lipinski definition) is 1. The molecule has 0 saturated heterocycles. The fraction of sp³-hybridized carbons (Fsp3) is 0.714. The summed E-state index contributed by atoms with van der Waals surface area (Å²) in [5.74, 6) is 2.17. The van der Waals surface area contributed by atoms with Gasteiger partial charge in [0.1, 0.15) is 12.4 Å². The summed E-state index contributed by atoms with van der Waals surface area (Å²) in [6.45, 7) is 3.74. The lowest BCUT2D eigenvalue weighted by molar-refractivity contribution is -0.120. The molecular weight excluding hydrogens is 242 g/mol. The van der Waals surface area contributed by atoms with Crippen LogP contribution in [0.1, 0.15) is 31.2 Å². The largest absolute Gasteiger partial charge is 0.371 e. The molecule has 0 spiro atoms. The van der Waals surface area contributed by atoms with Crippen LogP contribution in [0.2, 0.25) is 0 Å². The number of carbonyl (C=O) groups is 1. The van der Waals surface area contributed by atoms with Crippen molar-refractivity contribution < 1.29 is 9.53 Å². The van der Waals surface area contributed by atoms with Crippen molar-refractivity contribution in [1.82, 2.24) is 9.78 Å². The van der Waals surface area contributed by atoms with E-state index in [9.17, 15) is 4.79 Å². The lowest BCUT2D eigenvalue weighted by Gasteiger charge is -2.10. The zero-order valence-corrected chi connectivity index (χ0v) is 11.4. The zero-order valence-electron chi connectivity index (χ0n) is 11.4. The van der Waals surface area contributed by atoms with Gasteiger partial charge in [-0.3, -0.25) is 4.79 Å². The van der Waals surface area contributed by atoms with E-state index < -0.39 is 0 Å². The minimum absolute atomic E-state index is 0.0821. The molecular formula is C14H21N3O2. The van der Waals surface area contributed by atoms with Crippen LogP contribution in [0.5, 0.6) is 0 Å². The Morgan fingerprint density at radius 2 is 2.16 bits per heavy atom. The van der Waals surface area contributed by atoms with Gasteiger partial charge in [-0.25, -0.2) is 4.68 Å². The molecule has 2 saturated carbocycles. The molecule has 1 heterocycles. The van der Waals surface area contributed by atoms with Gasteiger partial charge in [0.25, 0.3) is 5.91 Å². The van der Waals surface area contributed by atoms with Crippen LogP contribution in [-0.2, 0) is 16.1 Å². The average molecular weight is 263 g/mol. The number of ether oxygens (including phenoxy) is 1. The van der Waals surface area contributed by atoms with Crippen LogP contribution in [0.4, 0.5) is 5.82 Å². The Morgan fingerprint density at radius 1 is 1.42 bits per heavy atom. The summed E-state index contributed by atoms with van der Waals surface area (Å²) in [5, 5.41) is 7.25. The molecule has 1 aromatic rings. The number of anilines is 1. The van der Waals surface area contributed by atoms with Gasteiger partial charge in [0.2, 0.25) is 0 Å². The zero-order chi connectivity index (χ0) is 13.2. The Balaban J connectivity index is 1.51. The second kappa shape index (κ2) is 5.33. The Hall–Kier alpha value is -1.36. The van der Waals surface area contributed by atoms with Gasteiger partial charge in [0, 0.05) is 12.1 Å². The predicted octanol–water partition coefficient (Wildman–Crippen LogP) is 1.97. The highest BCUT2D eigenvalue weighted by molar-refractivity contribution is 5.91. The van der Waals surface area contributed by atoms with Gasteiger partial charge >= 0.3 is 0 Å². The Bertz CT molecular complexity index is 461. The normalized spacial score (nSPS) is 18.6. The first-order valence-electron chi connectivity index (χ1n) is 7.12. The van der Waals surface area contributed by atoms with E-state index >= 15 is 0 Å². The number of nitrogens with one attached hydrogen (secondary N) is 1. The van der Waals surface area contributed by atoms with Gasteiger partial charge in [-0.1, -0.05) is 0 Å². The number of rotatable bonds is 7. The van der Waals surface area contributed by atoms with Crippen molar-refractivity contribution in [2.45, 2.75) is 39.2 Å². The molecule has 0 atom stereocenters. The molecule has 1 amide bonds. The van der Waals surface area contributed by atoms with Crippen molar-refractivity contribution in [2.24, 2.45) is 11.8 Å². The van der Waals surface area contributed by atoms with E-state index in [2.05, 4.69) is 10.4 Å². The molecule has 1 N–H and O–H groups in total. The SMILES string of the molecule is Cc1cnn(CC2CC2)c1NC(=O)COCC1CC1. The molecule has 0 radical (unpaired) electrons. The van der Waals surface area contributed by atoms with E-state index in [-0.39, 0.29) is 12.5 Å². The van der Waals surface area contributed by atoms with E-state index in [1.54, 1.807) is 0 Å². The second-order valence-electron chi connectivity index (χ2n) is 5.81. The standard InChI is InChI=1S/C14H21N3O2/c1-10-6-15-17(7-11-2-3-11)14(10)16-13(18)9-19-8-12-4-5-12/h6,11-12H,2-5,7-9H2,1H3,(H,16,18). The van der Waals surface area contributed by atoms with Crippen molar-refractivity contribution >= 4 is 11.7 Å². The topological polar surface area (TPSA) is 56.2 Å². The quantitative estimate of drug-likeness (QED) is 0.818. The van der Waals surface area contributed by atoms with Crippen LogP contribution in [-0.4, -0.2) is 28.9 Å². The van der Waals surface area contributed by atoms with E-state index in [1.807, 2.05) is 17.8 Å². The third kappa shape index (κ3) is 3.56. The molecule has 2 aliphatic rings. The maximum absolute atomic E-state index is 11.8. The molecule has 2 fully saturated rings. The smallest absolute Gasteiger partial charge is 0.251 e. The fourth-order valence-electron chi connectivity index (χ4n) is 2.10. The van der Waals surface area contributed by atoms with Gasteiger partial charge in [0.05, 0.1) is 12.8 Å². The van der Waals surface area contributed by atoms with Crippen molar-refractivity contribution in [3.05, 3.63) is 11.8 Å². The highest BCUT2D eigenvalue weighted by Gasteiger charge is 2.24. The first kappa shape index (κ1) is 12.7. The number of hydrogen-bond acceptors (Lipinski definition) is 3. The first-order valence-corrected chi connectivity index (χ1v) is 7.12. The summed E-state index contributed by atoms with van der Waals surface area (Å²) >= 11 is 0. The van der Waals surface area contributed by atoms with Crippen LogP contribution in [0.25, 0.3) is 0 Å². The summed E-state index contributed by atoms with van der Waals surface area (Å²) in [5.41, 5.74) is 1.01. The van der Waals surface area contributed by atoms with Crippen molar-refractivity contribution in [3.63, 3.8) is 0 Å². The minimum atomic E-state index is -0.0821. The lowest BCUT2D eigenvalue weighted by atomic mass is 10.3. The molecule has 2 aliphatic carbocycles. The van der Waals surface area contributed by atoms with E-state index in [4.69, 9.17) is 4.74 Å². The number of amides is 1. The molecule has 0 aromatic carbocycles. The minimum Gasteiger partial charge on any atom is -0.371 e. The second-order valence-corrected chi connectivity index (χ2v) is 5.81. The Labute approximate surface area is 113 Å². The maximum atomic E-state index is 11.8. The predicted molar refractivity (Wildman–Crippen MR) is 71.9 cm³/mol. The molecule has 104 valence electrons. The molecule has 0 aliphatic heterocycles. The van der Waals surface area contributed by atoms with Crippen molar-refractivity contribution in [3.8, 4) is 0 Å². The summed E-state index contributed by atoms with van der Waals surface area (Å²) in [6, 6.07) is 0. The van der Waals surface area contributed by atoms with Crippen LogP contribution < -0.4 is 5.32 Å². The molecule has 19 heavy (non-hydrogen) atoms. The molecule has 0 unspecified atom stereocenters. The summed E-state index contributed by atoms with van der Waals surface area (Å²) in [4.78, 5) is 11.8. The van der Waals surface area contributed by atoms with Crippen LogP contribution >= 0.6 is 0 Å². The number of carbonyl (C=O) groups excluding carboxylic acids is 1. The fourth-order valence-corrected chi connectivity index (χ4v) is 2.10. The summed E-state index contributed by atoms with van der Waals surface area (Å²) in [6.07, 6.45) is 6.85. The summed E-state index contributed by atoms with van der Waals surface area (Å²) in [7, 11) is 0. The molecule has 0 bridgehead atoms. The van der Waals surface area contributed by atoms with Gasteiger partial charge in [0.15, 0.2) is 0 Å². The van der Waals surface area contributed by atoms with Gasteiger partial charge in [-0.2, -0.15) is 5.10 Å². The monoisotopic (exact) mass is 263 g/mol. The van der Waals surface area contributed by atoms with Crippen LogP contribution in [0.3, 0.4) is 0 Å². The first-order chi connectivity index (χ1) is 9.22. The van der Waals surface area contributed by atoms with Crippen molar-refractivity contribution in [2.75, 3.05) is 18.5 Å². The third-order valence-corrected chi connectivity index (χ3v) is 3.69. The van der Waals surface area contributed by atoms with Gasteiger partial charge in [-0.05, 0) is 44.4 Å². The number of aryl methyl sites for hydroxylation is 1.